The van der Waals surface area contributed by atoms with Crippen molar-refractivity contribution in [2.45, 2.75) is 31.0 Å². The van der Waals surface area contributed by atoms with Gasteiger partial charge in [0.1, 0.15) is 17.3 Å². The van der Waals surface area contributed by atoms with Gasteiger partial charge in [-0.1, -0.05) is 18.2 Å². The molecular weight excluding hydrogens is 526 g/mol. The molecule has 0 saturated carbocycles. The van der Waals surface area contributed by atoms with Gasteiger partial charge in [-0.15, -0.1) is 0 Å². The topological polar surface area (TPSA) is 70.9 Å². The summed E-state index contributed by atoms with van der Waals surface area (Å²) in [6.07, 6.45) is -2.16. The van der Waals surface area contributed by atoms with Crippen molar-refractivity contribution in [2.24, 2.45) is 0 Å². The van der Waals surface area contributed by atoms with Gasteiger partial charge in [-0.25, -0.2) is 9.24 Å². The van der Waals surface area contributed by atoms with E-state index in [9.17, 15) is 18.0 Å². The lowest BCUT2D eigenvalue weighted by molar-refractivity contribution is -0.137. The maximum atomic E-state index is 15.5. The van der Waals surface area contributed by atoms with Crippen LogP contribution < -0.4 is 20.3 Å². The van der Waals surface area contributed by atoms with Crippen LogP contribution in [-0.2, 0) is 16.5 Å². The number of aromatic nitrogens is 1. The van der Waals surface area contributed by atoms with Gasteiger partial charge in [0.25, 0.3) is 0 Å². The van der Waals surface area contributed by atoms with E-state index in [0.717, 1.165) is 12.1 Å². The molecule has 0 bridgehead atoms. The van der Waals surface area contributed by atoms with Gasteiger partial charge in [0.05, 0.1) is 19.2 Å². The normalized spacial score (nSPS) is 14.9. The molecule has 1 amide bonds. The molecule has 3 aromatic rings. The highest BCUT2D eigenvalue weighted by molar-refractivity contribution is 5.78. The number of nitrogens with zero attached hydrogens (tertiary/aromatic N) is 3. The van der Waals surface area contributed by atoms with Crippen LogP contribution in [0.3, 0.4) is 0 Å². The number of methoxy groups -OCH3 is 1. The van der Waals surface area contributed by atoms with E-state index in [1.807, 2.05) is 4.90 Å². The first-order valence-corrected chi connectivity index (χ1v) is 12.7. The molecule has 0 unspecified atom stereocenters. The predicted molar refractivity (Wildman–Crippen MR) is 144 cm³/mol. The zero-order valence-corrected chi connectivity index (χ0v) is 22.1. The largest absolute Gasteiger partial charge is 0.496 e. The van der Waals surface area contributed by atoms with E-state index >= 15 is 4.39 Å². The number of halogens is 4. The van der Waals surface area contributed by atoms with Crippen molar-refractivity contribution in [1.29, 1.82) is 0 Å². The number of hydrogen-bond donors (Lipinski definition) is 2. The summed E-state index contributed by atoms with van der Waals surface area (Å²) >= 11 is 0. The number of carbonyl (C=O) groups excluding carboxylic acids is 1. The van der Waals surface area contributed by atoms with E-state index in [1.54, 1.807) is 37.5 Å². The summed E-state index contributed by atoms with van der Waals surface area (Å²) in [5.41, 5.74) is -0.477. The fraction of sp³-hybridized carbons (Fsp3) is 0.345. The van der Waals surface area contributed by atoms with Crippen molar-refractivity contribution in [3.05, 3.63) is 83.1 Å². The molecule has 0 aliphatic carbocycles. The third-order valence-electron chi connectivity index (χ3n) is 7.12. The highest BCUT2D eigenvalue weighted by atomic mass is 19.4. The van der Waals surface area contributed by atoms with Gasteiger partial charge in [-0.2, -0.15) is 13.2 Å². The number of hydrogen-bond acceptors (Lipinski definition) is 5. The van der Waals surface area contributed by atoms with E-state index in [2.05, 4.69) is 20.5 Å². The first kappa shape index (κ1) is 28.8. The lowest BCUT2D eigenvalue weighted by Crippen LogP contribution is -2.53. The Balaban J connectivity index is 1.65. The van der Waals surface area contributed by atoms with E-state index in [0.29, 0.717) is 55.0 Å². The maximum absolute atomic E-state index is 15.5. The average molecular weight is 556 g/mol. The van der Waals surface area contributed by atoms with E-state index in [4.69, 9.17) is 11.3 Å². The van der Waals surface area contributed by atoms with Crippen LogP contribution in [0.15, 0.2) is 54.7 Å². The number of rotatable bonds is 8. The molecule has 0 atom stereocenters. The summed E-state index contributed by atoms with van der Waals surface area (Å²) in [6, 6.07) is 11.4. The fourth-order valence-electron chi connectivity index (χ4n) is 4.98. The SMILES string of the molecule is [C-]#[N+]c1cc(C(F)(F)F)ccc1N1CCC(NC(=O)CCNC)(c2cnc(-c3ccccc3OC)c(F)c2)CC1. The summed E-state index contributed by atoms with van der Waals surface area (Å²) in [4.78, 5) is 22.4. The van der Waals surface area contributed by atoms with Crippen LogP contribution in [0.5, 0.6) is 5.75 Å². The Bertz CT molecular complexity index is 1410. The van der Waals surface area contributed by atoms with Crippen LogP contribution in [0, 0.1) is 12.4 Å². The third kappa shape index (κ3) is 6.02. The molecule has 210 valence electrons. The quantitative estimate of drug-likeness (QED) is 0.276. The number of anilines is 1. The molecule has 40 heavy (non-hydrogen) atoms. The Labute approximate surface area is 230 Å². The maximum Gasteiger partial charge on any atom is 0.415 e. The molecular formula is C29H29F4N5O2. The van der Waals surface area contributed by atoms with Gasteiger partial charge in [0.2, 0.25) is 11.6 Å². The molecule has 0 spiro atoms. The summed E-state index contributed by atoms with van der Waals surface area (Å²) in [7, 11) is 3.22. The summed E-state index contributed by atoms with van der Waals surface area (Å²) < 4.78 is 60.4. The Morgan fingerprint density at radius 2 is 1.90 bits per heavy atom. The summed E-state index contributed by atoms with van der Waals surface area (Å²) in [5.74, 6) is -0.336. The number of pyridine rings is 1. The van der Waals surface area contributed by atoms with E-state index in [1.165, 1.54) is 19.2 Å². The molecule has 1 aliphatic heterocycles. The van der Waals surface area contributed by atoms with Crippen LogP contribution >= 0.6 is 0 Å². The van der Waals surface area contributed by atoms with Gasteiger partial charge < -0.3 is 20.3 Å². The van der Waals surface area contributed by atoms with E-state index < -0.39 is 23.1 Å². The molecule has 2 N–H and O–H groups in total. The molecule has 2 heterocycles. The molecule has 11 heteroatoms. The number of piperidine rings is 1. The number of nitrogens with one attached hydrogen (secondary N) is 2. The zero-order chi connectivity index (χ0) is 28.9. The second-order valence-electron chi connectivity index (χ2n) is 9.54. The van der Waals surface area contributed by atoms with Gasteiger partial charge in [0.15, 0.2) is 0 Å². The Hall–Kier alpha value is -4.17. The van der Waals surface area contributed by atoms with Crippen LogP contribution in [0.4, 0.5) is 28.9 Å². The number of carbonyl (C=O) groups is 1. The Morgan fingerprint density at radius 1 is 1.18 bits per heavy atom. The Morgan fingerprint density at radius 3 is 2.52 bits per heavy atom. The van der Waals surface area contributed by atoms with Gasteiger partial charge in [-0.05, 0) is 55.8 Å². The smallest absolute Gasteiger partial charge is 0.415 e. The number of para-hydroxylation sites is 1. The number of ether oxygens (including phenoxy) is 1. The van der Waals surface area contributed by atoms with Crippen LogP contribution in [-0.4, -0.2) is 44.7 Å². The molecule has 2 aromatic carbocycles. The number of amides is 1. The molecule has 1 saturated heterocycles. The van der Waals surface area contributed by atoms with Crippen molar-refractivity contribution >= 4 is 17.3 Å². The van der Waals surface area contributed by atoms with Crippen LogP contribution in [0.1, 0.15) is 30.4 Å². The molecule has 0 radical (unpaired) electrons. The number of alkyl halides is 3. The standard InChI is InChI=1S/C29H29F4N5O2/c1-34-13-10-26(39)37-28(20-16-22(30)27(36-18-20)21-6-4-5-7-25(21)40-3)11-14-38(15-12-28)24-9-8-19(29(31,32)33)17-23(24)35-2/h4-9,16-18,34H,10-15H2,1,3H3,(H,37,39). The summed E-state index contributed by atoms with van der Waals surface area (Å²) in [5, 5.41) is 6.00. The number of benzene rings is 2. The first-order chi connectivity index (χ1) is 19.1. The average Bonchev–Trinajstić information content (AvgIpc) is 2.95. The molecule has 1 aromatic heterocycles. The third-order valence-corrected chi connectivity index (χ3v) is 7.12. The Kier molecular flexibility index (Phi) is 8.59. The fourth-order valence-corrected chi connectivity index (χ4v) is 4.98. The minimum Gasteiger partial charge on any atom is -0.496 e. The highest BCUT2D eigenvalue weighted by Crippen LogP contribution is 2.41. The second-order valence-corrected chi connectivity index (χ2v) is 9.54. The van der Waals surface area contributed by atoms with Crippen molar-refractivity contribution in [3.8, 4) is 17.0 Å². The second kappa shape index (κ2) is 11.9. The summed E-state index contributed by atoms with van der Waals surface area (Å²) in [6.45, 7) is 8.51. The van der Waals surface area contributed by atoms with Crippen molar-refractivity contribution in [3.63, 3.8) is 0 Å². The van der Waals surface area contributed by atoms with Crippen LogP contribution in [0.25, 0.3) is 16.1 Å². The lowest BCUT2D eigenvalue weighted by atomic mass is 9.80. The lowest BCUT2D eigenvalue weighted by Gasteiger charge is -2.44. The minimum atomic E-state index is -4.56. The van der Waals surface area contributed by atoms with Crippen LogP contribution in [0.2, 0.25) is 0 Å². The molecule has 7 nitrogen and oxygen atoms in total. The van der Waals surface area contributed by atoms with Crippen molar-refractivity contribution in [2.75, 3.05) is 38.7 Å². The van der Waals surface area contributed by atoms with Crippen molar-refractivity contribution < 1.29 is 27.1 Å². The van der Waals surface area contributed by atoms with Crippen molar-refractivity contribution in [1.82, 2.24) is 15.6 Å². The molecule has 1 fully saturated rings. The van der Waals surface area contributed by atoms with E-state index in [-0.39, 0.29) is 23.7 Å². The van der Waals surface area contributed by atoms with Gasteiger partial charge in [-0.3, -0.25) is 9.78 Å². The molecule has 4 rings (SSSR count). The minimum absolute atomic E-state index is 0.103. The first-order valence-electron chi connectivity index (χ1n) is 12.7. The monoisotopic (exact) mass is 555 g/mol. The van der Waals surface area contributed by atoms with Gasteiger partial charge >= 0.3 is 6.18 Å². The highest BCUT2D eigenvalue weighted by Gasteiger charge is 2.39. The predicted octanol–water partition coefficient (Wildman–Crippen LogP) is 5.69. The zero-order valence-electron chi connectivity index (χ0n) is 22.1. The molecule has 1 aliphatic rings. The van der Waals surface area contributed by atoms with Gasteiger partial charge in [0, 0.05) is 49.1 Å².